The van der Waals surface area contributed by atoms with E-state index < -0.39 is 6.10 Å². The summed E-state index contributed by atoms with van der Waals surface area (Å²) in [4.78, 5) is 13.9. The highest BCUT2D eigenvalue weighted by molar-refractivity contribution is 5.80. The Hall–Kier alpha value is -1.55. The highest BCUT2D eigenvalue weighted by atomic mass is 16.5. The van der Waals surface area contributed by atoms with Gasteiger partial charge in [0.25, 0.3) is 5.91 Å². The third-order valence-electron chi connectivity index (χ3n) is 2.74. The molecule has 0 saturated carbocycles. The van der Waals surface area contributed by atoms with Crippen molar-refractivity contribution in [2.75, 3.05) is 27.2 Å². The minimum atomic E-state index is -0.483. The Morgan fingerprint density at radius 1 is 1.26 bits per heavy atom. The first-order valence-electron chi connectivity index (χ1n) is 6.56. The molecule has 0 heterocycles. The summed E-state index contributed by atoms with van der Waals surface area (Å²) in [6.07, 6.45) is -0.483. The zero-order chi connectivity index (χ0) is 14.4. The Morgan fingerprint density at radius 3 is 2.37 bits per heavy atom. The molecule has 0 spiro atoms. The number of aryl methyl sites for hydroxylation is 2. The van der Waals surface area contributed by atoms with Gasteiger partial charge < -0.3 is 15.0 Å². The fraction of sp³-hybridized carbons (Fsp3) is 0.533. The quantitative estimate of drug-likeness (QED) is 0.851. The van der Waals surface area contributed by atoms with Crippen LogP contribution in [0.4, 0.5) is 0 Å². The number of ether oxygens (including phenoxy) is 1. The van der Waals surface area contributed by atoms with Crippen LogP contribution in [0.2, 0.25) is 0 Å². The summed E-state index contributed by atoms with van der Waals surface area (Å²) in [6.45, 7) is 7.25. The van der Waals surface area contributed by atoms with Gasteiger partial charge in [-0.3, -0.25) is 4.79 Å². The van der Waals surface area contributed by atoms with E-state index in [2.05, 4.69) is 11.4 Å². The van der Waals surface area contributed by atoms with E-state index in [-0.39, 0.29) is 5.91 Å². The lowest BCUT2D eigenvalue weighted by molar-refractivity contribution is -0.127. The Morgan fingerprint density at radius 2 is 1.84 bits per heavy atom. The molecule has 0 saturated heterocycles. The number of amides is 1. The Labute approximate surface area is 115 Å². The number of rotatable bonds is 6. The highest BCUT2D eigenvalue weighted by Crippen LogP contribution is 2.17. The van der Waals surface area contributed by atoms with E-state index in [1.807, 2.05) is 45.0 Å². The molecule has 0 radical (unpaired) electrons. The standard InChI is InChI=1S/C15H24N2O2/c1-11-8-12(2)10-14(9-11)19-13(3)15(18)16-6-7-17(4)5/h8-10,13H,6-7H2,1-5H3,(H,16,18)/t13-/m1/s1. The van der Waals surface area contributed by atoms with Crippen LogP contribution < -0.4 is 10.1 Å². The predicted molar refractivity (Wildman–Crippen MR) is 77.6 cm³/mol. The maximum atomic E-state index is 11.8. The Bertz CT molecular complexity index is 410. The molecule has 1 rings (SSSR count). The van der Waals surface area contributed by atoms with E-state index in [0.29, 0.717) is 6.54 Å². The molecule has 106 valence electrons. The smallest absolute Gasteiger partial charge is 0.260 e. The topological polar surface area (TPSA) is 41.6 Å². The first-order chi connectivity index (χ1) is 8.88. The maximum absolute atomic E-state index is 11.8. The number of nitrogens with zero attached hydrogens (tertiary/aromatic N) is 1. The van der Waals surface area contributed by atoms with Gasteiger partial charge in [0.15, 0.2) is 6.10 Å². The molecular formula is C15H24N2O2. The van der Waals surface area contributed by atoms with Gasteiger partial charge in [0.2, 0.25) is 0 Å². The summed E-state index contributed by atoms with van der Waals surface area (Å²) >= 11 is 0. The largest absolute Gasteiger partial charge is 0.481 e. The minimum absolute atomic E-state index is 0.0824. The van der Waals surface area contributed by atoms with Gasteiger partial charge in [-0.1, -0.05) is 6.07 Å². The number of hydrogen-bond acceptors (Lipinski definition) is 3. The highest BCUT2D eigenvalue weighted by Gasteiger charge is 2.14. The van der Waals surface area contributed by atoms with Gasteiger partial charge in [-0.15, -0.1) is 0 Å². The SMILES string of the molecule is Cc1cc(C)cc(O[C@H](C)C(=O)NCCN(C)C)c1. The van der Waals surface area contributed by atoms with Gasteiger partial charge in [0.05, 0.1) is 0 Å². The minimum Gasteiger partial charge on any atom is -0.481 e. The Balaban J connectivity index is 2.49. The number of likely N-dealkylation sites (N-methyl/N-ethyl adjacent to an activating group) is 1. The number of carbonyl (C=O) groups excluding carboxylic acids is 1. The van der Waals surface area contributed by atoms with Crippen LogP contribution in [0.25, 0.3) is 0 Å². The molecule has 1 aromatic rings. The van der Waals surface area contributed by atoms with Crippen molar-refractivity contribution in [1.29, 1.82) is 0 Å². The van der Waals surface area contributed by atoms with Gasteiger partial charge >= 0.3 is 0 Å². The predicted octanol–water partition coefficient (Wildman–Crippen LogP) is 1.75. The van der Waals surface area contributed by atoms with E-state index >= 15 is 0 Å². The van der Waals surface area contributed by atoms with Gasteiger partial charge in [-0.2, -0.15) is 0 Å². The third kappa shape index (κ3) is 5.75. The van der Waals surface area contributed by atoms with Gasteiger partial charge in [-0.25, -0.2) is 0 Å². The normalized spacial score (nSPS) is 12.3. The van der Waals surface area contributed by atoms with Crippen molar-refractivity contribution in [1.82, 2.24) is 10.2 Å². The lowest BCUT2D eigenvalue weighted by Gasteiger charge is -2.16. The lowest BCUT2D eigenvalue weighted by Crippen LogP contribution is -2.39. The number of benzene rings is 1. The van der Waals surface area contributed by atoms with Crippen LogP contribution in [0.1, 0.15) is 18.1 Å². The molecule has 4 nitrogen and oxygen atoms in total. The average molecular weight is 264 g/mol. The summed E-state index contributed by atoms with van der Waals surface area (Å²) in [5.41, 5.74) is 2.27. The van der Waals surface area contributed by atoms with Crippen LogP contribution in [0, 0.1) is 13.8 Å². The first kappa shape index (κ1) is 15.5. The zero-order valence-electron chi connectivity index (χ0n) is 12.5. The maximum Gasteiger partial charge on any atom is 0.260 e. The monoisotopic (exact) mass is 264 g/mol. The molecule has 0 aliphatic heterocycles. The van der Waals surface area contributed by atoms with Crippen LogP contribution in [-0.4, -0.2) is 44.1 Å². The van der Waals surface area contributed by atoms with E-state index in [0.717, 1.165) is 23.4 Å². The molecular weight excluding hydrogens is 240 g/mol. The molecule has 1 amide bonds. The molecule has 0 bridgehead atoms. The van der Waals surface area contributed by atoms with Crippen molar-refractivity contribution in [3.63, 3.8) is 0 Å². The van der Waals surface area contributed by atoms with Crippen molar-refractivity contribution in [3.05, 3.63) is 29.3 Å². The zero-order valence-corrected chi connectivity index (χ0v) is 12.5. The summed E-state index contributed by atoms with van der Waals surface area (Å²) < 4.78 is 5.67. The first-order valence-corrected chi connectivity index (χ1v) is 6.56. The molecule has 0 unspecified atom stereocenters. The Kier molecular flexibility index (Phi) is 5.83. The van der Waals surface area contributed by atoms with E-state index in [9.17, 15) is 4.79 Å². The molecule has 1 N–H and O–H groups in total. The second kappa shape index (κ2) is 7.14. The summed E-state index contributed by atoms with van der Waals surface area (Å²) in [7, 11) is 3.95. The van der Waals surface area contributed by atoms with E-state index in [1.54, 1.807) is 6.92 Å². The van der Waals surface area contributed by atoms with Crippen LogP contribution in [0.15, 0.2) is 18.2 Å². The van der Waals surface area contributed by atoms with E-state index in [4.69, 9.17) is 4.74 Å². The molecule has 1 aromatic carbocycles. The van der Waals surface area contributed by atoms with Crippen molar-refractivity contribution < 1.29 is 9.53 Å². The van der Waals surface area contributed by atoms with Crippen molar-refractivity contribution in [2.45, 2.75) is 26.9 Å². The molecule has 1 atom stereocenters. The molecule has 19 heavy (non-hydrogen) atoms. The van der Waals surface area contributed by atoms with Crippen molar-refractivity contribution in [2.24, 2.45) is 0 Å². The van der Waals surface area contributed by atoms with Crippen molar-refractivity contribution in [3.8, 4) is 5.75 Å². The average Bonchev–Trinajstić information content (AvgIpc) is 2.26. The molecule has 4 heteroatoms. The number of hydrogen-bond donors (Lipinski definition) is 1. The van der Waals surface area contributed by atoms with Crippen molar-refractivity contribution >= 4 is 5.91 Å². The van der Waals surface area contributed by atoms with Crippen LogP contribution >= 0.6 is 0 Å². The second-order valence-corrected chi connectivity index (χ2v) is 5.18. The molecule has 0 aliphatic carbocycles. The van der Waals surface area contributed by atoms with Crippen LogP contribution in [0.3, 0.4) is 0 Å². The lowest BCUT2D eigenvalue weighted by atomic mass is 10.1. The summed E-state index contributed by atoms with van der Waals surface area (Å²) in [6, 6.07) is 5.96. The van der Waals surface area contributed by atoms with Gasteiger partial charge in [0.1, 0.15) is 5.75 Å². The molecule has 0 fully saturated rings. The second-order valence-electron chi connectivity index (χ2n) is 5.18. The molecule has 0 aromatic heterocycles. The number of carbonyl (C=O) groups is 1. The van der Waals surface area contributed by atoms with Gasteiger partial charge in [0, 0.05) is 13.1 Å². The van der Waals surface area contributed by atoms with E-state index in [1.165, 1.54) is 0 Å². The van der Waals surface area contributed by atoms with Crippen LogP contribution in [0.5, 0.6) is 5.75 Å². The fourth-order valence-electron chi connectivity index (χ4n) is 1.81. The summed E-state index contributed by atoms with van der Waals surface area (Å²) in [5.74, 6) is 0.661. The third-order valence-corrected chi connectivity index (χ3v) is 2.74. The van der Waals surface area contributed by atoms with Crippen LogP contribution in [-0.2, 0) is 4.79 Å². The number of nitrogens with one attached hydrogen (secondary N) is 1. The summed E-state index contributed by atoms with van der Waals surface area (Å²) in [5, 5.41) is 2.86. The fourth-order valence-corrected chi connectivity index (χ4v) is 1.81. The molecule has 0 aliphatic rings. The van der Waals surface area contributed by atoms with Gasteiger partial charge in [-0.05, 0) is 58.1 Å².